The van der Waals surface area contributed by atoms with Crippen molar-refractivity contribution in [1.29, 1.82) is 0 Å². The second-order valence-electron chi connectivity index (χ2n) is 5.94. The van der Waals surface area contributed by atoms with Gasteiger partial charge in [0, 0.05) is 31.6 Å². The molecule has 1 aromatic heterocycles. The number of para-hydroxylation sites is 1. The Labute approximate surface area is 130 Å². The molecule has 3 rings (SSSR count). The van der Waals surface area contributed by atoms with Crippen molar-refractivity contribution in [1.82, 2.24) is 25.3 Å². The van der Waals surface area contributed by atoms with Gasteiger partial charge in [0.15, 0.2) is 5.69 Å². The van der Waals surface area contributed by atoms with Crippen LogP contribution in [0.15, 0.2) is 24.3 Å². The highest BCUT2D eigenvalue weighted by Crippen LogP contribution is 2.15. The molecule has 1 atom stereocenters. The van der Waals surface area contributed by atoms with Crippen LogP contribution >= 0.6 is 0 Å². The van der Waals surface area contributed by atoms with Gasteiger partial charge in [-0.25, -0.2) is 0 Å². The summed E-state index contributed by atoms with van der Waals surface area (Å²) >= 11 is 0. The number of likely N-dealkylation sites (N-methyl/N-ethyl adjacent to an activating group) is 2. The molecule has 1 aliphatic rings. The van der Waals surface area contributed by atoms with Gasteiger partial charge in [0.1, 0.15) is 0 Å². The molecule has 2 N–H and O–H groups in total. The smallest absolute Gasteiger partial charge is 0.272 e. The highest BCUT2D eigenvalue weighted by atomic mass is 16.2. The first-order chi connectivity index (χ1) is 10.7. The third-order valence-corrected chi connectivity index (χ3v) is 4.28. The van der Waals surface area contributed by atoms with Gasteiger partial charge in [-0.2, -0.15) is 5.10 Å². The fraction of sp³-hybridized carbons (Fsp3) is 0.500. The lowest BCUT2D eigenvalue weighted by atomic mass is 10.2. The largest absolute Gasteiger partial charge is 0.345 e. The molecule has 1 saturated heterocycles. The third kappa shape index (κ3) is 3.13. The van der Waals surface area contributed by atoms with Crippen molar-refractivity contribution in [2.45, 2.75) is 13.0 Å². The standard InChI is InChI=1S/C16H23N5O/c1-3-21-9-8-20(2)10-12(11-21)17-16(22)15-13-6-4-5-7-14(13)18-19-15/h4-7,12H,3,8-11H2,1-2H3,(H,17,22)(H,18,19)/t12-/m0/s1. The van der Waals surface area contributed by atoms with Crippen molar-refractivity contribution in [2.75, 3.05) is 39.8 Å². The van der Waals surface area contributed by atoms with Crippen LogP contribution in [-0.4, -0.2) is 71.7 Å². The molecular weight excluding hydrogens is 278 g/mol. The first kappa shape index (κ1) is 15.0. The first-order valence-electron chi connectivity index (χ1n) is 7.82. The SMILES string of the molecule is CCN1CCN(C)C[C@H](NC(=O)c2n[nH]c3ccccc23)C1. The van der Waals surface area contributed by atoms with Gasteiger partial charge in [-0.05, 0) is 19.7 Å². The van der Waals surface area contributed by atoms with Gasteiger partial charge in [-0.15, -0.1) is 0 Å². The number of fused-ring (bicyclic) bond motifs is 1. The first-order valence-corrected chi connectivity index (χ1v) is 7.82. The van der Waals surface area contributed by atoms with Crippen LogP contribution < -0.4 is 5.32 Å². The van der Waals surface area contributed by atoms with Crippen LogP contribution in [-0.2, 0) is 0 Å². The quantitative estimate of drug-likeness (QED) is 0.885. The molecule has 0 saturated carbocycles. The molecule has 118 valence electrons. The number of rotatable bonds is 3. The number of aromatic amines is 1. The van der Waals surface area contributed by atoms with Crippen LogP contribution in [0.5, 0.6) is 0 Å². The van der Waals surface area contributed by atoms with E-state index in [2.05, 4.69) is 39.3 Å². The fourth-order valence-electron chi connectivity index (χ4n) is 3.01. The summed E-state index contributed by atoms with van der Waals surface area (Å²) in [6.45, 7) is 6.99. The van der Waals surface area contributed by atoms with Crippen molar-refractivity contribution in [2.24, 2.45) is 0 Å². The number of carbonyl (C=O) groups excluding carboxylic acids is 1. The molecule has 1 fully saturated rings. The molecule has 22 heavy (non-hydrogen) atoms. The van der Waals surface area contributed by atoms with Gasteiger partial charge in [0.2, 0.25) is 0 Å². The van der Waals surface area contributed by atoms with E-state index in [1.165, 1.54) is 0 Å². The van der Waals surface area contributed by atoms with Crippen LogP contribution in [0, 0.1) is 0 Å². The molecule has 2 aromatic rings. The van der Waals surface area contributed by atoms with E-state index in [0.717, 1.165) is 43.6 Å². The van der Waals surface area contributed by atoms with Gasteiger partial charge in [-0.1, -0.05) is 25.1 Å². The zero-order chi connectivity index (χ0) is 15.5. The fourth-order valence-corrected chi connectivity index (χ4v) is 3.01. The number of nitrogens with one attached hydrogen (secondary N) is 2. The topological polar surface area (TPSA) is 64.3 Å². The van der Waals surface area contributed by atoms with E-state index in [4.69, 9.17) is 0 Å². The monoisotopic (exact) mass is 301 g/mol. The summed E-state index contributed by atoms with van der Waals surface area (Å²) in [6, 6.07) is 7.83. The maximum absolute atomic E-state index is 12.6. The summed E-state index contributed by atoms with van der Waals surface area (Å²) < 4.78 is 0. The predicted molar refractivity (Wildman–Crippen MR) is 87.0 cm³/mol. The van der Waals surface area contributed by atoms with Crippen LogP contribution in [0.4, 0.5) is 0 Å². The molecule has 1 aliphatic heterocycles. The molecule has 2 heterocycles. The van der Waals surface area contributed by atoms with E-state index < -0.39 is 0 Å². The lowest BCUT2D eigenvalue weighted by molar-refractivity contribution is 0.0921. The van der Waals surface area contributed by atoms with Gasteiger partial charge >= 0.3 is 0 Å². The zero-order valence-electron chi connectivity index (χ0n) is 13.2. The molecule has 0 radical (unpaired) electrons. The lowest BCUT2D eigenvalue weighted by Crippen LogP contribution is -2.46. The Kier molecular flexibility index (Phi) is 4.40. The number of hydrogen-bond acceptors (Lipinski definition) is 4. The van der Waals surface area contributed by atoms with Crippen LogP contribution in [0.2, 0.25) is 0 Å². The summed E-state index contributed by atoms with van der Waals surface area (Å²) in [5.74, 6) is -0.103. The molecule has 6 heteroatoms. The second kappa shape index (κ2) is 6.46. The Balaban J connectivity index is 1.75. The van der Waals surface area contributed by atoms with Gasteiger partial charge in [0.05, 0.1) is 11.6 Å². The highest BCUT2D eigenvalue weighted by molar-refractivity contribution is 6.04. The van der Waals surface area contributed by atoms with Crippen molar-refractivity contribution < 1.29 is 4.79 Å². The van der Waals surface area contributed by atoms with Crippen molar-refractivity contribution >= 4 is 16.8 Å². The molecule has 0 bridgehead atoms. The van der Waals surface area contributed by atoms with Crippen LogP contribution in [0.1, 0.15) is 17.4 Å². The Morgan fingerprint density at radius 2 is 2.18 bits per heavy atom. The second-order valence-corrected chi connectivity index (χ2v) is 5.94. The molecule has 1 aromatic carbocycles. The minimum absolute atomic E-state index is 0.103. The summed E-state index contributed by atoms with van der Waals surface area (Å²) in [5, 5.41) is 11.1. The molecule has 0 unspecified atom stereocenters. The number of hydrogen-bond donors (Lipinski definition) is 2. The Morgan fingerprint density at radius 3 is 3.00 bits per heavy atom. The van der Waals surface area contributed by atoms with Crippen molar-refractivity contribution in [3.05, 3.63) is 30.0 Å². The van der Waals surface area contributed by atoms with Crippen molar-refractivity contribution in [3.8, 4) is 0 Å². The number of benzene rings is 1. The Hall–Kier alpha value is -1.92. The summed E-state index contributed by atoms with van der Waals surface area (Å²) in [6.07, 6.45) is 0. The van der Waals surface area contributed by atoms with Gasteiger partial charge in [-0.3, -0.25) is 9.89 Å². The average Bonchev–Trinajstić information content (AvgIpc) is 2.86. The summed E-state index contributed by atoms with van der Waals surface area (Å²) in [7, 11) is 2.10. The van der Waals surface area contributed by atoms with E-state index >= 15 is 0 Å². The number of H-pyrrole nitrogens is 1. The molecular formula is C16H23N5O. The number of aromatic nitrogens is 2. The van der Waals surface area contributed by atoms with E-state index in [-0.39, 0.29) is 11.9 Å². The maximum atomic E-state index is 12.6. The van der Waals surface area contributed by atoms with Gasteiger partial charge < -0.3 is 15.1 Å². The molecule has 0 spiro atoms. The molecule has 0 aliphatic carbocycles. The minimum atomic E-state index is -0.103. The number of carbonyl (C=O) groups is 1. The Bertz CT molecular complexity index is 653. The zero-order valence-corrected chi connectivity index (χ0v) is 13.2. The molecule has 1 amide bonds. The third-order valence-electron chi connectivity index (χ3n) is 4.28. The van der Waals surface area contributed by atoms with Crippen LogP contribution in [0.3, 0.4) is 0 Å². The summed E-state index contributed by atoms with van der Waals surface area (Å²) in [4.78, 5) is 17.2. The van der Waals surface area contributed by atoms with Gasteiger partial charge in [0.25, 0.3) is 5.91 Å². The normalized spacial score (nSPS) is 20.9. The van der Waals surface area contributed by atoms with E-state index in [1.807, 2.05) is 24.3 Å². The van der Waals surface area contributed by atoms with E-state index in [0.29, 0.717) is 5.69 Å². The minimum Gasteiger partial charge on any atom is -0.345 e. The van der Waals surface area contributed by atoms with E-state index in [1.54, 1.807) is 0 Å². The molecule has 6 nitrogen and oxygen atoms in total. The Morgan fingerprint density at radius 1 is 1.36 bits per heavy atom. The maximum Gasteiger partial charge on any atom is 0.272 e. The summed E-state index contributed by atoms with van der Waals surface area (Å²) in [5.41, 5.74) is 1.37. The number of nitrogens with zero attached hydrogens (tertiary/aromatic N) is 3. The highest BCUT2D eigenvalue weighted by Gasteiger charge is 2.23. The predicted octanol–water partition coefficient (Wildman–Crippen LogP) is 0.929. The van der Waals surface area contributed by atoms with E-state index in [9.17, 15) is 4.79 Å². The van der Waals surface area contributed by atoms with Crippen LogP contribution in [0.25, 0.3) is 10.9 Å². The lowest BCUT2D eigenvalue weighted by Gasteiger charge is -2.23. The number of amides is 1. The van der Waals surface area contributed by atoms with Crippen molar-refractivity contribution in [3.63, 3.8) is 0 Å². The average molecular weight is 301 g/mol.